The average molecular weight is 492 g/mol. The second kappa shape index (κ2) is 7.74. The molecule has 5 heteroatoms. The van der Waals surface area contributed by atoms with E-state index in [2.05, 4.69) is 92.0 Å². The summed E-state index contributed by atoms with van der Waals surface area (Å²) in [5.41, 5.74) is 5.19. The first-order valence-corrected chi connectivity index (χ1v) is 9.97. The van der Waals surface area contributed by atoms with Crippen LogP contribution in [0.5, 0.6) is 0 Å². The number of fused-ring (bicyclic) bond motifs is 2. The molecule has 0 fully saturated rings. The number of anilines is 1. The van der Waals surface area contributed by atoms with E-state index in [0.717, 1.165) is 0 Å². The standard InChI is InChI=1S/C21H21N2S2.HI/c1-14(20-22(3)16-9-5-7-11-18(16)24-20)13-15(2)21-23(4)17-10-6-8-12-19(17)25-21;/h5-13H,1-4H3;1H/q+1;/p-1. The highest BCUT2D eigenvalue weighted by Gasteiger charge is 2.23. The Kier molecular flexibility index (Phi) is 5.79. The van der Waals surface area contributed by atoms with E-state index in [-0.39, 0.29) is 24.0 Å². The Morgan fingerprint density at radius 1 is 1.04 bits per heavy atom. The molecule has 2 nitrogen and oxygen atoms in total. The predicted molar refractivity (Wildman–Crippen MR) is 110 cm³/mol. The summed E-state index contributed by atoms with van der Waals surface area (Å²) in [6.45, 7) is 4.42. The van der Waals surface area contributed by atoms with Crippen molar-refractivity contribution in [2.75, 3.05) is 11.9 Å². The third kappa shape index (κ3) is 3.32. The van der Waals surface area contributed by atoms with Gasteiger partial charge in [0.15, 0.2) is 0 Å². The van der Waals surface area contributed by atoms with E-state index in [1.165, 1.54) is 42.0 Å². The fourth-order valence-electron chi connectivity index (χ4n) is 3.34. The first kappa shape index (κ1) is 19.5. The molecule has 3 aromatic rings. The molecule has 1 aliphatic rings. The second-order valence-electron chi connectivity index (χ2n) is 6.38. The van der Waals surface area contributed by atoms with Crippen LogP contribution in [0.4, 0.5) is 5.69 Å². The van der Waals surface area contributed by atoms with Gasteiger partial charge in [-0.3, -0.25) is 0 Å². The van der Waals surface area contributed by atoms with E-state index in [9.17, 15) is 0 Å². The molecule has 1 aromatic heterocycles. The first-order valence-electron chi connectivity index (χ1n) is 8.34. The Hall–Kier alpha value is -1.31. The van der Waals surface area contributed by atoms with E-state index in [0.29, 0.717) is 0 Å². The molecule has 134 valence electrons. The van der Waals surface area contributed by atoms with Crippen molar-refractivity contribution in [1.82, 2.24) is 0 Å². The lowest BCUT2D eigenvalue weighted by Crippen LogP contribution is -3.00. The van der Waals surface area contributed by atoms with Crippen LogP contribution in [0.25, 0.3) is 15.8 Å². The Morgan fingerprint density at radius 3 is 2.46 bits per heavy atom. The SMILES string of the molecule is C/C(=C\C(C)=C1\Sc2ccccc2N1C)c1sc2ccccc2[n+]1C.[I-]. The smallest absolute Gasteiger partial charge is 0.265 e. The Bertz CT molecular complexity index is 1030. The molecule has 2 heterocycles. The highest BCUT2D eigenvalue weighted by atomic mass is 127. The molecule has 0 radical (unpaired) electrons. The van der Waals surface area contributed by atoms with Gasteiger partial charge in [0.05, 0.1) is 10.7 Å². The molecule has 0 saturated carbocycles. The molecule has 2 aromatic carbocycles. The minimum atomic E-state index is 0. The number of benzene rings is 2. The Balaban J connectivity index is 0.00000196. The van der Waals surface area contributed by atoms with Gasteiger partial charge < -0.3 is 28.9 Å². The molecule has 0 aliphatic carbocycles. The molecule has 0 saturated heterocycles. The van der Waals surface area contributed by atoms with Crippen LogP contribution in [0.15, 0.2) is 70.1 Å². The maximum Gasteiger partial charge on any atom is 0.265 e. The number of allylic oxidation sites excluding steroid dienone is 3. The van der Waals surface area contributed by atoms with Gasteiger partial charge in [0.25, 0.3) is 5.01 Å². The largest absolute Gasteiger partial charge is 1.00 e. The number of para-hydroxylation sites is 2. The van der Waals surface area contributed by atoms with E-state index in [1.54, 1.807) is 0 Å². The van der Waals surface area contributed by atoms with Gasteiger partial charge in [-0.1, -0.05) is 47.4 Å². The van der Waals surface area contributed by atoms with Crippen molar-refractivity contribution in [1.29, 1.82) is 0 Å². The Morgan fingerprint density at radius 2 is 1.73 bits per heavy atom. The molecule has 0 bridgehead atoms. The molecular weight excluding hydrogens is 471 g/mol. The molecular formula is C21H21IN2S2. The van der Waals surface area contributed by atoms with Gasteiger partial charge in [0, 0.05) is 23.6 Å². The van der Waals surface area contributed by atoms with Crippen molar-refractivity contribution in [2.24, 2.45) is 7.05 Å². The fraction of sp³-hybridized carbons (Fsp3) is 0.190. The quantitative estimate of drug-likeness (QED) is 0.401. The average Bonchev–Trinajstić information content (AvgIpc) is 3.14. The van der Waals surface area contributed by atoms with Crippen LogP contribution in [0.3, 0.4) is 0 Å². The summed E-state index contributed by atoms with van der Waals surface area (Å²) < 4.78 is 3.63. The lowest BCUT2D eigenvalue weighted by Gasteiger charge is -2.15. The molecule has 0 spiro atoms. The van der Waals surface area contributed by atoms with Crippen LogP contribution >= 0.6 is 23.1 Å². The number of rotatable bonds is 2. The highest BCUT2D eigenvalue weighted by Crippen LogP contribution is 2.46. The van der Waals surface area contributed by atoms with Crippen molar-refractivity contribution < 1.29 is 28.5 Å². The number of thiazole rings is 1. The van der Waals surface area contributed by atoms with Crippen molar-refractivity contribution >= 4 is 44.6 Å². The van der Waals surface area contributed by atoms with E-state index >= 15 is 0 Å². The number of hydrogen-bond acceptors (Lipinski definition) is 3. The zero-order chi connectivity index (χ0) is 17.6. The molecule has 0 unspecified atom stereocenters. The number of aryl methyl sites for hydroxylation is 1. The van der Waals surface area contributed by atoms with Crippen LogP contribution in [0, 0.1) is 0 Å². The monoisotopic (exact) mass is 492 g/mol. The molecule has 0 amide bonds. The summed E-state index contributed by atoms with van der Waals surface area (Å²) in [7, 11) is 4.31. The van der Waals surface area contributed by atoms with Gasteiger partial charge in [-0.05, 0) is 43.7 Å². The van der Waals surface area contributed by atoms with Crippen LogP contribution in [-0.4, -0.2) is 7.05 Å². The summed E-state index contributed by atoms with van der Waals surface area (Å²) in [6, 6.07) is 17.2. The summed E-state index contributed by atoms with van der Waals surface area (Å²) in [5.74, 6) is 0. The first-order chi connectivity index (χ1) is 12.1. The van der Waals surface area contributed by atoms with Gasteiger partial charge in [-0.15, -0.1) is 0 Å². The lowest BCUT2D eigenvalue weighted by molar-refractivity contribution is -0.642. The summed E-state index contributed by atoms with van der Waals surface area (Å²) >= 11 is 3.71. The summed E-state index contributed by atoms with van der Waals surface area (Å²) in [6.07, 6.45) is 2.31. The number of thioether (sulfide) groups is 1. The Labute approximate surface area is 180 Å². The normalized spacial score (nSPS) is 15.8. The molecule has 0 atom stereocenters. The third-order valence-corrected chi connectivity index (χ3v) is 7.29. The van der Waals surface area contributed by atoms with Gasteiger partial charge in [-0.2, -0.15) is 4.57 Å². The summed E-state index contributed by atoms with van der Waals surface area (Å²) in [5, 5.41) is 2.62. The van der Waals surface area contributed by atoms with Crippen LogP contribution in [0.2, 0.25) is 0 Å². The fourth-order valence-corrected chi connectivity index (χ4v) is 5.58. The van der Waals surface area contributed by atoms with Crippen molar-refractivity contribution in [3.8, 4) is 0 Å². The molecule has 4 rings (SSSR count). The predicted octanol–water partition coefficient (Wildman–Crippen LogP) is 2.61. The van der Waals surface area contributed by atoms with E-state index in [1.807, 2.05) is 23.1 Å². The third-order valence-electron chi connectivity index (χ3n) is 4.58. The van der Waals surface area contributed by atoms with Crippen LogP contribution in [-0.2, 0) is 7.05 Å². The van der Waals surface area contributed by atoms with Crippen LogP contribution < -0.4 is 33.4 Å². The van der Waals surface area contributed by atoms with Crippen LogP contribution in [0.1, 0.15) is 18.9 Å². The number of hydrogen-bond donors (Lipinski definition) is 0. The van der Waals surface area contributed by atoms with E-state index < -0.39 is 0 Å². The molecule has 0 N–H and O–H groups in total. The topological polar surface area (TPSA) is 7.12 Å². The van der Waals surface area contributed by atoms with Gasteiger partial charge in [-0.25, -0.2) is 0 Å². The minimum Gasteiger partial charge on any atom is -1.00 e. The van der Waals surface area contributed by atoms with Gasteiger partial charge >= 0.3 is 0 Å². The maximum atomic E-state index is 2.31. The highest BCUT2D eigenvalue weighted by molar-refractivity contribution is 8.03. The lowest BCUT2D eigenvalue weighted by atomic mass is 10.2. The zero-order valence-electron chi connectivity index (χ0n) is 15.3. The van der Waals surface area contributed by atoms with Crippen molar-refractivity contribution in [2.45, 2.75) is 18.7 Å². The van der Waals surface area contributed by atoms with Gasteiger partial charge in [0.1, 0.15) is 11.7 Å². The van der Waals surface area contributed by atoms with Crippen molar-refractivity contribution in [3.05, 3.63) is 70.2 Å². The summed E-state index contributed by atoms with van der Waals surface area (Å²) in [4.78, 5) is 3.63. The zero-order valence-corrected chi connectivity index (χ0v) is 19.1. The maximum absolute atomic E-state index is 2.31. The van der Waals surface area contributed by atoms with E-state index in [4.69, 9.17) is 0 Å². The number of nitrogens with zero attached hydrogens (tertiary/aromatic N) is 2. The second-order valence-corrected chi connectivity index (χ2v) is 8.44. The minimum absolute atomic E-state index is 0. The van der Waals surface area contributed by atoms with Crippen molar-refractivity contribution in [3.63, 3.8) is 0 Å². The molecule has 1 aliphatic heterocycles. The van der Waals surface area contributed by atoms with Gasteiger partial charge in [0.2, 0.25) is 5.52 Å². The number of halogens is 1. The number of aromatic nitrogens is 1. The molecule has 26 heavy (non-hydrogen) atoms.